The first-order valence-electron chi connectivity index (χ1n) is 4.47. The SMILES string of the molecule is CN(c1ccccc1)C(C)(C)CO. The zero-order valence-electron chi connectivity index (χ0n) is 8.49. The third-order valence-corrected chi connectivity index (χ3v) is 2.44. The molecule has 1 N–H and O–H groups in total. The van der Waals surface area contributed by atoms with Crippen LogP contribution in [0.2, 0.25) is 0 Å². The Morgan fingerprint density at radius 3 is 2.23 bits per heavy atom. The molecule has 0 saturated carbocycles. The van der Waals surface area contributed by atoms with Gasteiger partial charge >= 0.3 is 0 Å². The third kappa shape index (κ3) is 2.22. The van der Waals surface area contributed by atoms with E-state index in [1.807, 2.05) is 51.2 Å². The summed E-state index contributed by atoms with van der Waals surface area (Å²) >= 11 is 0. The molecule has 0 aromatic heterocycles. The molecule has 0 spiro atoms. The minimum Gasteiger partial charge on any atom is -0.394 e. The van der Waals surface area contributed by atoms with E-state index in [0.717, 1.165) is 5.69 Å². The van der Waals surface area contributed by atoms with Gasteiger partial charge in [-0.2, -0.15) is 0 Å². The van der Waals surface area contributed by atoms with Gasteiger partial charge in [0, 0.05) is 12.7 Å². The third-order valence-electron chi connectivity index (χ3n) is 2.44. The standard InChI is InChI=1S/C11H17NO/c1-11(2,9-13)12(3)10-7-5-4-6-8-10/h4-8,13H,9H2,1-3H3. The zero-order chi connectivity index (χ0) is 9.90. The fourth-order valence-corrected chi connectivity index (χ4v) is 1.11. The molecule has 0 aliphatic heterocycles. The van der Waals surface area contributed by atoms with Crippen molar-refractivity contribution in [2.24, 2.45) is 0 Å². The molecule has 0 unspecified atom stereocenters. The number of aliphatic hydroxyl groups excluding tert-OH is 1. The van der Waals surface area contributed by atoms with Crippen LogP contribution in [-0.2, 0) is 0 Å². The van der Waals surface area contributed by atoms with Crippen LogP contribution >= 0.6 is 0 Å². The summed E-state index contributed by atoms with van der Waals surface area (Å²) in [5.41, 5.74) is 0.919. The largest absolute Gasteiger partial charge is 0.394 e. The van der Waals surface area contributed by atoms with Crippen LogP contribution in [0, 0.1) is 0 Å². The Morgan fingerprint density at radius 1 is 1.23 bits per heavy atom. The molecule has 0 saturated heterocycles. The molecule has 0 atom stereocenters. The van der Waals surface area contributed by atoms with Crippen molar-refractivity contribution in [2.45, 2.75) is 19.4 Å². The van der Waals surface area contributed by atoms with Crippen molar-refractivity contribution in [1.29, 1.82) is 0 Å². The monoisotopic (exact) mass is 179 g/mol. The molecule has 2 nitrogen and oxygen atoms in total. The van der Waals surface area contributed by atoms with Gasteiger partial charge in [0.1, 0.15) is 0 Å². The van der Waals surface area contributed by atoms with Gasteiger partial charge < -0.3 is 10.0 Å². The average molecular weight is 179 g/mol. The topological polar surface area (TPSA) is 23.5 Å². The minimum atomic E-state index is -0.207. The smallest absolute Gasteiger partial charge is 0.0658 e. The Bertz CT molecular complexity index is 256. The molecular formula is C11H17NO. The minimum absolute atomic E-state index is 0.151. The van der Waals surface area contributed by atoms with E-state index in [1.54, 1.807) is 0 Å². The van der Waals surface area contributed by atoms with Crippen LogP contribution in [0.5, 0.6) is 0 Å². The normalized spacial score (nSPS) is 11.4. The van der Waals surface area contributed by atoms with Crippen LogP contribution in [0.15, 0.2) is 30.3 Å². The summed E-state index contributed by atoms with van der Waals surface area (Å²) in [7, 11) is 1.99. The number of para-hydroxylation sites is 1. The maximum absolute atomic E-state index is 9.18. The summed E-state index contributed by atoms with van der Waals surface area (Å²) in [5, 5.41) is 9.18. The van der Waals surface area contributed by atoms with Gasteiger partial charge in [0.05, 0.1) is 12.1 Å². The lowest BCUT2D eigenvalue weighted by atomic mass is 10.0. The molecule has 0 heterocycles. The molecule has 0 fully saturated rings. The molecule has 72 valence electrons. The second kappa shape index (κ2) is 3.79. The Hall–Kier alpha value is -1.02. The number of aliphatic hydroxyl groups is 1. The lowest BCUT2D eigenvalue weighted by Gasteiger charge is -2.35. The van der Waals surface area contributed by atoms with Gasteiger partial charge in [-0.15, -0.1) is 0 Å². The van der Waals surface area contributed by atoms with Crippen LogP contribution in [0.25, 0.3) is 0 Å². The summed E-state index contributed by atoms with van der Waals surface area (Å²) in [6.07, 6.45) is 0. The average Bonchev–Trinajstić information content (AvgIpc) is 2.18. The summed E-state index contributed by atoms with van der Waals surface area (Å²) < 4.78 is 0. The van der Waals surface area contributed by atoms with E-state index in [1.165, 1.54) is 0 Å². The van der Waals surface area contributed by atoms with E-state index in [2.05, 4.69) is 4.90 Å². The van der Waals surface area contributed by atoms with Crippen LogP contribution in [-0.4, -0.2) is 24.3 Å². The second-order valence-corrected chi connectivity index (χ2v) is 3.87. The van der Waals surface area contributed by atoms with E-state index in [4.69, 9.17) is 0 Å². The lowest BCUT2D eigenvalue weighted by molar-refractivity contribution is 0.216. The van der Waals surface area contributed by atoms with E-state index in [0.29, 0.717) is 0 Å². The second-order valence-electron chi connectivity index (χ2n) is 3.87. The molecule has 1 aromatic carbocycles. The Labute approximate surface area is 79.8 Å². The fraction of sp³-hybridized carbons (Fsp3) is 0.455. The highest BCUT2D eigenvalue weighted by atomic mass is 16.3. The van der Waals surface area contributed by atoms with E-state index in [9.17, 15) is 5.11 Å². The van der Waals surface area contributed by atoms with Gasteiger partial charge in [-0.05, 0) is 26.0 Å². The molecule has 0 aliphatic carbocycles. The van der Waals surface area contributed by atoms with Crippen molar-refractivity contribution in [3.8, 4) is 0 Å². The molecule has 0 aliphatic rings. The van der Waals surface area contributed by atoms with Crippen LogP contribution < -0.4 is 4.90 Å². The van der Waals surface area contributed by atoms with Gasteiger partial charge in [-0.25, -0.2) is 0 Å². The molecular weight excluding hydrogens is 162 g/mol. The Kier molecular flexibility index (Phi) is 2.94. The summed E-state index contributed by atoms with van der Waals surface area (Å²) in [4.78, 5) is 2.08. The first-order chi connectivity index (χ1) is 6.08. The van der Waals surface area contributed by atoms with Crippen molar-refractivity contribution in [3.63, 3.8) is 0 Å². The molecule has 13 heavy (non-hydrogen) atoms. The van der Waals surface area contributed by atoms with Crippen molar-refractivity contribution < 1.29 is 5.11 Å². The number of nitrogens with zero attached hydrogens (tertiary/aromatic N) is 1. The van der Waals surface area contributed by atoms with Gasteiger partial charge in [0.15, 0.2) is 0 Å². The number of rotatable bonds is 3. The van der Waals surface area contributed by atoms with Gasteiger partial charge in [0.2, 0.25) is 0 Å². The number of hydrogen-bond donors (Lipinski definition) is 1. The summed E-state index contributed by atoms with van der Waals surface area (Å²) in [5.74, 6) is 0. The highest BCUT2D eigenvalue weighted by Crippen LogP contribution is 2.20. The van der Waals surface area contributed by atoms with Gasteiger partial charge in [-0.1, -0.05) is 18.2 Å². The Balaban J connectivity index is 2.85. The fourth-order valence-electron chi connectivity index (χ4n) is 1.11. The quantitative estimate of drug-likeness (QED) is 0.766. The first-order valence-corrected chi connectivity index (χ1v) is 4.47. The van der Waals surface area contributed by atoms with Crippen molar-refractivity contribution in [2.75, 3.05) is 18.6 Å². The van der Waals surface area contributed by atoms with Crippen molar-refractivity contribution in [3.05, 3.63) is 30.3 Å². The molecule has 1 aromatic rings. The Morgan fingerprint density at radius 2 is 1.77 bits per heavy atom. The zero-order valence-corrected chi connectivity index (χ0v) is 8.49. The first kappa shape index (κ1) is 10.1. The predicted molar refractivity (Wildman–Crippen MR) is 56.0 cm³/mol. The van der Waals surface area contributed by atoms with E-state index >= 15 is 0 Å². The summed E-state index contributed by atoms with van der Waals surface area (Å²) in [6, 6.07) is 10.1. The maximum Gasteiger partial charge on any atom is 0.0658 e. The number of benzene rings is 1. The highest BCUT2D eigenvalue weighted by Gasteiger charge is 2.22. The van der Waals surface area contributed by atoms with E-state index < -0.39 is 0 Å². The van der Waals surface area contributed by atoms with E-state index in [-0.39, 0.29) is 12.1 Å². The molecule has 1 rings (SSSR count). The van der Waals surface area contributed by atoms with Gasteiger partial charge in [0.25, 0.3) is 0 Å². The number of hydrogen-bond acceptors (Lipinski definition) is 2. The molecule has 0 radical (unpaired) electrons. The lowest BCUT2D eigenvalue weighted by Crippen LogP contribution is -2.44. The molecule has 0 amide bonds. The molecule has 2 heteroatoms. The van der Waals surface area contributed by atoms with Crippen molar-refractivity contribution in [1.82, 2.24) is 0 Å². The van der Waals surface area contributed by atoms with Crippen LogP contribution in [0.3, 0.4) is 0 Å². The van der Waals surface area contributed by atoms with Crippen LogP contribution in [0.1, 0.15) is 13.8 Å². The maximum atomic E-state index is 9.18. The van der Waals surface area contributed by atoms with Crippen molar-refractivity contribution >= 4 is 5.69 Å². The van der Waals surface area contributed by atoms with Crippen LogP contribution in [0.4, 0.5) is 5.69 Å². The number of anilines is 1. The predicted octanol–water partition coefficient (Wildman–Crippen LogP) is 1.89. The molecule has 0 bridgehead atoms. The highest BCUT2D eigenvalue weighted by molar-refractivity contribution is 5.47. The summed E-state index contributed by atoms with van der Waals surface area (Å²) in [6.45, 7) is 4.18. The van der Waals surface area contributed by atoms with Gasteiger partial charge in [-0.3, -0.25) is 0 Å². The number of likely N-dealkylation sites (N-methyl/N-ethyl adjacent to an activating group) is 1.